The molecule has 0 bridgehead atoms. The largest absolute Gasteiger partial charge is 0.497 e. The zero-order chi connectivity index (χ0) is 23.3. The van der Waals surface area contributed by atoms with E-state index in [-0.39, 0.29) is 22.8 Å². The third-order valence-electron chi connectivity index (χ3n) is 4.86. The fourth-order valence-corrected chi connectivity index (χ4v) is 4.23. The van der Waals surface area contributed by atoms with Crippen LogP contribution in [0.5, 0.6) is 11.5 Å². The molecule has 0 aromatic heterocycles. The molecule has 0 saturated carbocycles. The molecule has 0 aliphatic rings. The number of nitrogens with zero attached hydrogens (tertiary/aromatic N) is 1. The monoisotopic (exact) mass is 458 g/mol. The molecule has 9 heteroatoms. The smallest absolute Gasteiger partial charge is 0.264 e. The maximum Gasteiger partial charge on any atom is 0.264 e. The van der Waals surface area contributed by atoms with Crippen molar-refractivity contribution in [1.29, 1.82) is 0 Å². The number of benzene rings is 3. The van der Waals surface area contributed by atoms with Gasteiger partial charge < -0.3 is 14.8 Å². The fraction of sp³-hybridized carbons (Fsp3) is 0.174. The van der Waals surface area contributed by atoms with Gasteiger partial charge >= 0.3 is 0 Å². The number of amides is 1. The minimum Gasteiger partial charge on any atom is -0.497 e. The van der Waals surface area contributed by atoms with E-state index in [1.165, 1.54) is 57.7 Å². The Bertz CT molecular complexity index is 1210. The Morgan fingerprint density at radius 3 is 2.34 bits per heavy atom. The van der Waals surface area contributed by atoms with Gasteiger partial charge in [0.2, 0.25) is 0 Å². The third-order valence-corrected chi connectivity index (χ3v) is 6.64. The van der Waals surface area contributed by atoms with Crippen LogP contribution in [0.4, 0.5) is 10.1 Å². The molecule has 0 saturated heterocycles. The average molecular weight is 459 g/mol. The highest BCUT2D eigenvalue weighted by molar-refractivity contribution is 7.92. The van der Waals surface area contributed by atoms with Crippen molar-refractivity contribution < 1.29 is 27.1 Å². The Hall–Kier alpha value is -3.59. The molecule has 32 heavy (non-hydrogen) atoms. The summed E-state index contributed by atoms with van der Waals surface area (Å²) in [5.74, 6) is -0.298. The summed E-state index contributed by atoms with van der Waals surface area (Å²) in [7, 11) is 0.427. The van der Waals surface area contributed by atoms with Gasteiger partial charge in [-0.3, -0.25) is 9.10 Å². The molecular weight excluding hydrogens is 435 g/mol. The first-order chi connectivity index (χ1) is 15.3. The summed E-state index contributed by atoms with van der Waals surface area (Å²) in [4.78, 5) is 12.5. The van der Waals surface area contributed by atoms with Gasteiger partial charge in [-0.25, -0.2) is 12.8 Å². The van der Waals surface area contributed by atoms with Crippen molar-refractivity contribution in [3.8, 4) is 11.5 Å². The lowest BCUT2D eigenvalue weighted by Crippen LogP contribution is -2.27. The topological polar surface area (TPSA) is 84.9 Å². The van der Waals surface area contributed by atoms with Crippen molar-refractivity contribution in [1.82, 2.24) is 5.32 Å². The van der Waals surface area contributed by atoms with E-state index in [9.17, 15) is 17.6 Å². The van der Waals surface area contributed by atoms with Gasteiger partial charge in [0.05, 0.1) is 24.8 Å². The van der Waals surface area contributed by atoms with Crippen molar-refractivity contribution >= 4 is 21.6 Å². The van der Waals surface area contributed by atoms with Crippen molar-refractivity contribution in [3.63, 3.8) is 0 Å². The van der Waals surface area contributed by atoms with Crippen LogP contribution >= 0.6 is 0 Å². The lowest BCUT2D eigenvalue weighted by Gasteiger charge is -2.20. The molecule has 0 heterocycles. The molecule has 0 aliphatic heterocycles. The predicted molar refractivity (Wildman–Crippen MR) is 119 cm³/mol. The maximum atomic E-state index is 13.8. The first-order valence-corrected chi connectivity index (χ1v) is 11.0. The van der Waals surface area contributed by atoms with Crippen LogP contribution in [0.3, 0.4) is 0 Å². The maximum absolute atomic E-state index is 13.8. The average Bonchev–Trinajstić information content (AvgIpc) is 2.82. The Labute approximate surface area is 186 Å². The molecule has 0 aliphatic carbocycles. The molecule has 7 nitrogen and oxygen atoms in total. The number of carbonyl (C=O) groups excluding carboxylic acids is 1. The second-order valence-electron chi connectivity index (χ2n) is 6.85. The molecule has 0 radical (unpaired) electrons. The lowest BCUT2D eigenvalue weighted by atomic mass is 10.2. The molecule has 168 valence electrons. The summed E-state index contributed by atoms with van der Waals surface area (Å²) in [6.07, 6.45) is 0. The number of hydrogen-bond donors (Lipinski definition) is 1. The summed E-state index contributed by atoms with van der Waals surface area (Å²) < 4.78 is 51.0. The Morgan fingerprint density at radius 2 is 1.72 bits per heavy atom. The van der Waals surface area contributed by atoms with Crippen LogP contribution in [0.1, 0.15) is 15.9 Å². The number of anilines is 1. The van der Waals surface area contributed by atoms with Gasteiger partial charge in [0.25, 0.3) is 15.9 Å². The van der Waals surface area contributed by atoms with Gasteiger partial charge in [-0.1, -0.05) is 12.1 Å². The molecule has 0 spiro atoms. The summed E-state index contributed by atoms with van der Waals surface area (Å²) in [6.45, 7) is 0.0719. The SMILES string of the molecule is COc1ccc(N(C)S(=O)(=O)c2cccc(C(=O)NCc3ccc(OC)c(F)c3)c2)cc1. The third kappa shape index (κ3) is 5.00. The zero-order valence-electron chi connectivity index (χ0n) is 17.8. The standard InChI is InChI=1S/C23H23FN2O5S/c1-26(18-8-10-19(30-2)11-9-18)32(28,29)20-6-4-5-17(14-20)23(27)25-15-16-7-12-22(31-3)21(24)13-16/h4-14H,15H2,1-3H3,(H,25,27). The highest BCUT2D eigenvalue weighted by Crippen LogP contribution is 2.25. The lowest BCUT2D eigenvalue weighted by molar-refractivity contribution is 0.0950. The van der Waals surface area contributed by atoms with Gasteiger partial charge in [0.1, 0.15) is 5.75 Å². The number of hydrogen-bond acceptors (Lipinski definition) is 5. The number of ether oxygens (including phenoxy) is 2. The summed E-state index contributed by atoms with van der Waals surface area (Å²) in [6, 6.07) is 16.7. The molecule has 1 amide bonds. The van der Waals surface area contributed by atoms with Gasteiger partial charge in [-0.15, -0.1) is 0 Å². The van der Waals surface area contributed by atoms with Crippen molar-refractivity contribution in [2.45, 2.75) is 11.4 Å². The number of rotatable bonds is 8. The first kappa shape index (κ1) is 23.1. The highest BCUT2D eigenvalue weighted by atomic mass is 32.2. The van der Waals surface area contributed by atoms with Crippen molar-refractivity contribution in [2.75, 3.05) is 25.6 Å². The van der Waals surface area contributed by atoms with E-state index in [2.05, 4.69) is 5.32 Å². The number of nitrogens with one attached hydrogen (secondary N) is 1. The highest BCUT2D eigenvalue weighted by Gasteiger charge is 2.22. The normalized spacial score (nSPS) is 11.0. The van der Waals surface area contributed by atoms with E-state index in [0.29, 0.717) is 17.0 Å². The van der Waals surface area contributed by atoms with Crippen LogP contribution in [0.2, 0.25) is 0 Å². The predicted octanol–water partition coefficient (Wildman–Crippen LogP) is 3.60. The van der Waals surface area contributed by atoms with Crippen molar-refractivity contribution in [3.05, 3.63) is 83.7 Å². The molecule has 3 rings (SSSR count). The second kappa shape index (κ2) is 9.69. The molecule has 1 N–H and O–H groups in total. The Balaban J connectivity index is 1.75. The van der Waals surface area contributed by atoms with Gasteiger partial charge in [-0.05, 0) is 60.2 Å². The minimum atomic E-state index is -3.90. The van der Waals surface area contributed by atoms with E-state index in [4.69, 9.17) is 9.47 Å². The van der Waals surface area contributed by atoms with E-state index < -0.39 is 21.7 Å². The van der Waals surface area contributed by atoms with Crippen LogP contribution in [0.15, 0.2) is 71.6 Å². The van der Waals surface area contributed by atoms with E-state index in [1.807, 2.05) is 0 Å². The molecule has 3 aromatic rings. The summed E-state index contributed by atoms with van der Waals surface area (Å²) in [5, 5.41) is 2.66. The number of carbonyl (C=O) groups is 1. The first-order valence-electron chi connectivity index (χ1n) is 9.60. The fourth-order valence-electron chi connectivity index (χ4n) is 2.99. The minimum absolute atomic E-state index is 0.0287. The summed E-state index contributed by atoms with van der Waals surface area (Å²) >= 11 is 0. The van der Waals surface area contributed by atoms with Gasteiger partial charge in [0.15, 0.2) is 11.6 Å². The molecule has 0 atom stereocenters. The van der Waals surface area contributed by atoms with E-state index in [0.717, 1.165) is 4.31 Å². The summed E-state index contributed by atoms with van der Waals surface area (Å²) in [5.41, 5.74) is 1.16. The van der Waals surface area contributed by atoms with E-state index in [1.54, 1.807) is 30.3 Å². The molecule has 0 fully saturated rings. The number of halogens is 1. The van der Waals surface area contributed by atoms with Crippen LogP contribution in [-0.4, -0.2) is 35.6 Å². The quantitative estimate of drug-likeness (QED) is 0.558. The van der Waals surface area contributed by atoms with Crippen LogP contribution < -0.4 is 19.1 Å². The second-order valence-corrected chi connectivity index (χ2v) is 8.82. The van der Waals surface area contributed by atoms with Gasteiger partial charge in [-0.2, -0.15) is 0 Å². The molecular formula is C23H23FN2O5S. The van der Waals surface area contributed by atoms with Gasteiger partial charge in [0, 0.05) is 19.2 Å². The Kier molecular flexibility index (Phi) is 6.99. The number of methoxy groups -OCH3 is 2. The Morgan fingerprint density at radius 1 is 1.00 bits per heavy atom. The number of sulfonamides is 1. The molecule has 0 unspecified atom stereocenters. The van der Waals surface area contributed by atoms with Crippen LogP contribution in [-0.2, 0) is 16.6 Å². The van der Waals surface area contributed by atoms with Crippen LogP contribution in [0, 0.1) is 5.82 Å². The van der Waals surface area contributed by atoms with Crippen molar-refractivity contribution in [2.24, 2.45) is 0 Å². The van der Waals surface area contributed by atoms with Crippen LogP contribution in [0.25, 0.3) is 0 Å². The van der Waals surface area contributed by atoms with E-state index >= 15 is 0 Å². The zero-order valence-corrected chi connectivity index (χ0v) is 18.6. The molecule has 3 aromatic carbocycles.